The lowest BCUT2D eigenvalue weighted by Gasteiger charge is -2.18. The summed E-state index contributed by atoms with van der Waals surface area (Å²) < 4.78 is 1.11. The highest BCUT2D eigenvalue weighted by atomic mass is 79.9. The molecule has 0 aromatic heterocycles. The first-order chi connectivity index (χ1) is 7.00. The largest absolute Gasteiger partial charge is 0.310 e. The maximum atomic E-state index is 5.95. The van der Waals surface area contributed by atoms with Crippen molar-refractivity contribution in [2.24, 2.45) is 5.92 Å². The van der Waals surface area contributed by atoms with E-state index < -0.39 is 0 Å². The van der Waals surface area contributed by atoms with E-state index in [4.69, 9.17) is 11.6 Å². The highest BCUT2D eigenvalue weighted by Gasteiger charge is 2.07. The normalized spacial score (nSPS) is 13.2. The van der Waals surface area contributed by atoms with E-state index in [9.17, 15) is 0 Å². The van der Waals surface area contributed by atoms with Gasteiger partial charge in [-0.25, -0.2) is 0 Å². The average molecular weight is 291 g/mol. The SMILES string of the molecule is CC(C)C(C)NCc1cc(Cl)ccc1Br. The van der Waals surface area contributed by atoms with Crippen molar-refractivity contribution in [3.8, 4) is 0 Å². The summed E-state index contributed by atoms with van der Waals surface area (Å²) in [5.41, 5.74) is 1.20. The van der Waals surface area contributed by atoms with Gasteiger partial charge in [0.25, 0.3) is 0 Å². The lowest BCUT2D eigenvalue weighted by Crippen LogP contribution is -2.30. The van der Waals surface area contributed by atoms with Crippen LogP contribution in [0.5, 0.6) is 0 Å². The third-order valence-electron chi connectivity index (χ3n) is 2.62. The van der Waals surface area contributed by atoms with Crippen LogP contribution < -0.4 is 5.32 Å². The Morgan fingerprint density at radius 1 is 1.33 bits per heavy atom. The van der Waals surface area contributed by atoms with Gasteiger partial charge in [0, 0.05) is 22.1 Å². The van der Waals surface area contributed by atoms with E-state index in [-0.39, 0.29) is 0 Å². The molecular weight excluding hydrogens is 273 g/mol. The molecular formula is C12H17BrClN. The van der Waals surface area contributed by atoms with Crippen molar-refractivity contribution in [1.82, 2.24) is 5.32 Å². The molecule has 0 spiro atoms. The number of halogens is 2. The first-order valence-corrected chi connectivity index (χ1v) is 6.35. The summed E-state index contributed by atoms with van der Waals surface area (Å²) in [6.07, 6.45) is 0. The Labute approximate surface area is 105 Å². The molecule has 1 nitrogen and oxygen atoms in total. The molecule has 0 aliphatic carbocycles. The second-order valence-corrected chi connectivity index (χ2v) is 5.44. The van der Waals surface area contributed by atoms with Gasteiger partial charge in [0.1, 0.15) is 0 Å². The predicted octanol–water partition coefficient (Wildman–Crippen LogP) is 4.24. The zero-order valence-corrected chi connectivity index (χ0v) is 11.7. The monoisotopic (exact) mass is 289 g/mol. The van der Waals surface area contributed by atoms with Gasteiger partial charge in [0.2, 0.25) is 0 Å². The molecule has 0 saturated carbocycles. The molecule has 1 aromatic rings. The number of benzene rings is 1. The highest BCUT2D eigenvalue weighted by Crippen LogP contribution is 2.21. The zero-order valence-electron chi connectivity index (χ0n) is 9.35. The van der Waals surface area contributed by atoms with Crippen LogP contribution in [0.3, 0.4) is 0 Å². The molecule has 84 valence electrons. The predicted molar refractivity (Wildman–Crippen MR) is 70.3 cm³/mol. The highest BCUT2D eigenvalue weighted by molar-refractivity contribution is 9.10. The topological polar surface area (TPSA) is 12.0 Å². The molecule has 0 heterocycles. The van der Waals surface area contributed by atoms with Crippen molar-refractivity contribution in [3.05, 3.63) is 33.3 Å². The molecule has 3 heteroatoms. The fraction of sp³-hybridized carbons (Fsp3) is 0.500. The Bertz CT molecular complexity index is 325. The first kappa shape index (κ1) is 13.0. The second kappa shape index (κ2) is 5.88. The molecule has 0 fully saturated rings. The van der Waals surface area contributed by atoms with Crippen molar-refractivity contribution in [3.63, 3.8) is 0 Å². The second-order valence-electron chi connectivity index (χ2n) is 4.15. The first-order valence-electron chi connectivity index (χ1n) is 5.18. The van der Waals surface area contributed by atoms with Crippen molar-refractivity contribution in [2.45, 2.75) is 33.4 Å². The molecule has 1 N–H and O–H groups in total. The van der Waals surface area contributed by atoms with Gasteiger partial charge < -0.3 is 5.32 Å². The summed E-state index contributed by atoms with van der Waals surface area (Å²) in [6, 6.07) is 6.38. The van der Waals surface area contributed by atoms with Crippen molar-refractivity contribution >= 4 is 27.5 Å². The molecule has 0 aliphatic rings. The summed E-state index contributed by atoms with van der Waals surface area (Å²) in [5.74, 6) is 0.642. The van der Waals surface area contributed by atoms with Gasteiger partial charge in [-0.2, -0.15) is 0 Å². The molecule has 1 atom stereocenters. The quantitative estimate of drug-likeness (QED) is 0.875. The lowest BCUT2D eigenvalue weighted by molar-refractivity contribution is 0.426. The molecule has 0 aliphatic heterocycles. The van der Waals surface area contributed by atoms with Crippen LogP contribution in [0.2, 0.25) is 5.02 Å². The van der Waals surface area contributed by atoms with E-state index in [1.54, 1.807) is 0 Å². The molecule has 0 saturated heterocycles. The minimum Gasteiger partial charge on any atom is -0.310 e. The van der Waals surface area contributed by atoms with Crippen molar-refractivity contribution in [2.75, 3.05) is 0 Å². The average Bonchev–Trinajstić information content (AvgIpc) is 2.18. The Kier molecular flexibility index (Phi) is 5.10. The summed E-state index contributed by atoms with van der Waals surface area (Å²) in [7, 11) is 0. The van der Waals surface area contributed by atoms with Crippen molar-refractivity contribution in [1.29, 1.82) is 0 Å². The van der Waals surface area contributed by atoms with Crippen LogP contribution in [-0.2, 0) is 6.54 Å². The number of rotatable bonds is 4. The summed E-state index contributed by atoms with van der Waals surface area (Å²) in [5, 5.41) is 4.26. The smallest absolute Gasteiger partial charge is 0.0410 e. The minimum absolute atomic E-state index is 0.510. The summed E-state index contributed by atoms with van der Waals surface area (Å²) >= 11 is 9.47. The van der Waals surface area contributed by atoms with Gasteiger partial charge in [0.15, 0.2) is 0 Å². The molecule has 1 rings (SSSR count). The number of hydrogen-bond donors (Lipinski definition) is 1. The Morgan fingerprint density at radius 2 is 2.00 bits per heavy atom. The molecule has 0 radical (unpaired) electrons. The van der Waals surface area contributed by atoms with Crippen LogP contribution in [0.1, 0.15) is 26.3 Å². The van der Waals surface area contributed by atoms with Crippen LogP contribution in [0.15, 0.2) is 22.7 Å². The molecule has 0 bridgehead atoms. The third-order valence-corrected chi connectivity index (χ3v) is 3.63. The summed E-state index contributed by atoms with van der Waals surface area (Å²) in [6.45, 7) is 7.47. The standard InChI is InChI=1S/C12H17BrClN/c1-8(2)9(3)15-7-10-6-11(14)4-5-12(10)13/h4-6,8-9,15H,7H2,1-3H3. The van der Waals surface area contributed by atoms with E-state index in [0.717, 1.165) is 16.0 Å². The fourth-order valence-electron chi connectivity index (χ4n) is 1.19. The van der Waals surface area contributed by atoms with Crippen LogP contribution in [0, 0.1) is 5.92 Å². The van der Waals surface area contributed by atoms with E-state index in [0.29, 0.717) is 12.0 Å². The van der Waals surface area contributed by atoms with Crippen LogP contribution >= 0.6 is 27.5 Å². The van der Waals surface area contributed by atoms with Gasteiger partial charge in [-0.05, 0) is 36.6 Å². The fourth-order valence-corrected chi connectivity index (χ4v) is 1.77. The van der Waals surface area contributed by atoms with Gasteiger partial charge >= 0.3 is 0 Å². The van der Waals surface area contributed by atoms with Gasteiger partial charge in [0.05, 0.1) is 0 Å². The Hall–Kier alpha value is -0.0500. The van der Waals surface area contributed by atoms with Gasteiger partial charge in [-0.15, -0.1) is 0 Å². The van der Waals surface area contributed by atoms with Crippen LogP contribution in [0.25, 0.3) is 0 Å². The zero-order chi connectivity index (χ0) is 11.4. The van der Waals surface area contributed by atoms with Gasteiger partial charge in [-0.3, -0.25) is 0 Å². The third kappa shape index (κ3) is 4.13. The Morgan fingerprint density at radius 3 is 2.60 bits per heavy atom. The summed E-state index contributed by atoms with van der Waals surface area (Å²) in [4.78, 5) is 0. The van der Waals surface area contributed by atoms with E-state index >= 15 is 0 Å². The van der Waals surface area contributed by atoms with Crippen molar-refractivity contribution < 1.29 is 0 Å². The maximum absolute atomic E-state index is 5.95. The van der Waals surface area contributed by atoms with Crippen LogP contribution in [0.4, 0.5) is 0 Å². The van der Waals surface area contributed by atoms with E-state index in [1.807, 2.05) is 18.2 Å². The maximum Gasteiger partial charge on any atom is 0.0410 e. The molecule has 1 unspecified atom stereocenters. The van der Waals surface area contributed by atoms with E-state index in [2.05, 4.69) is 42.0 Å². The number of nitrogens with one attached hydrogen (secondary N) is 1. The van der Waals surface area contributed by atoms with E-state index in [1.165, 1.54) is 5.56 Å². The molecule has 1 aromatic carbocycles. The molecule has 15 heavy (non-hydrogen) atoms. The van der Waals surface area contributed by atoms with Gasteiger partial charge in [-0.1, -0.05) is 41.4 Å². The minimum atomic E-state index is 0.510. The Balaban J connectivity index is 2.61. The lowest BCUT2D eigenvalue weighted by atomic mass is 10.1. The number of hydrogen-bond acceptors (Lipinski definition) is 1. The molecule has 0 amide bonds. The van der Waals surface area contributed by atoms with Crippen LogP contribution in [-0.4, -0.2) is 6.04 Å².